The van der Waals surface area contributed by atoms with Crippen LogP contribution in [-0.2, 0) is 0 Å². The van der Waals surface area contributed by atoms with Crippen molar-refractivity contribution < 1.29 is 9.90 Å². The normalized spacial score (nSPS) is 10.8. The molecule has 24 heavy (non-hydrogen) atoms. The van der Waals surface area contributed by atoms with Crippen LogP contribution in [0.3, 0.4) is 0 Å². The zero-order chi connectivity index (χ0) is 17.3. The van der Waals surface area contributed by atoms with Crippen LogP contribution in [0.4, 0.5) is 10.8 Å². The zero-order valence-corrected chi connectivity index (χ0v) is 15.9. The van der Waals surface area contributed by atoms with Gasteiger partial charge in [-0.2, -0.15) is 0 Å². The standard InChI is InChI=1S/C17H16N2O2S3/c1-9-12(16(22-3)24-14(9)15(20)21)18-17-19-13(10(2)23-17)11-7-5-4-6-8-11/h4-8H,1-3H3,(H,18,19)(H,20,21). The summed E-state index contributed by atoms with van der Waals surface area (Å²) in [6, 6.07) is 10.1. The number of nitrogens with one attached hydrogen (secondary N) is 1. The fourth-order valence-electron chi connectivity index (χ4n) is 2.40. The monoisotopic (exact) mass is 376 g/mol. The van der Waals surface area contributed by atoms with E-state index in [1.54, 1.807) is 23.1 Å². The molecule has 2 heterocycles. The van der Waals surface area contributed by atoms with Crippen LogP contribution in [0.25, 0.3) is 11.3 Å². The summed E-state index contributed by atoms with van der Waals surface area (Å²) in [7, 11) is 0. The van der Waals surface area contributed by atoms with Crippen LogP contribution < -0.4 is 5.32 Å². The molecule has 0 bridgehead atoms. The molecule has 0 unspecified atom stereocenters. The van der Waals surface area contributed by atoms with Gasteiger partial charge in [0.05, 0.1) is 15.6 Å². The maximum Gasteiger partial charge on any atom is 0.346 e. The van der Waals surface area contributed by atoms with Gasteiger partial charge in [-0.1, -0.05) is 30.3 Å². The molecule has 4 nitrogen and oxygen atoms in total. The maximum atomic E-state index is 11.4. The Morgan fingerprint density at radius 1 is 1.21 bits per heavy atom. The van der Waals surface area contributed by atoms with E-state index < -0.39 is 5.97 Å². The molecule has 0 saturated heterocycles. The zero-order valence-electron chi connectivity index (χ0n) is 13.4. The summed E-state index contributed by atoms with van der Waals surface area (Å²) in [5.74, 6) is -0.888. The van der Waals surface area contributed by atoms with Gasteiger partial charge in [0.1, 0.15) is 4.88 Å². The number of aromatic nitrogens is 1. The van der Waals surface area contributed by atoms with Gasteiger partial charge in [-0.3, -0.25) is 0 Å². The Balaban J connectivity index is 1.97. The number of nitrogens with zero attached hydrogens (tertiary/aromatic N) is 1. The van der Waals surface area contributed by atoms with Crippen LogP contribution in [-0.4, -0.2) is 22.3 Å². The number of thiophene rings is 1. The number of carboxylic acid groups (broad SMARTS) is 1. The smallest absolute Gasteiger partial charge is 0.346 e. The molecule has 0 atom stereocenters. The van der Waals surface area contributed by atoms with Gasteiger partial charge in [0.15, 0.2) is 5.13 Å². The van der Waals surface area contributed by atoms with Crippen molar-refractivity contribution >= 4 is 51.2 Å². The van der Waals surface area contributed by atoms with Crippen molar-refractivity contribution in [1.29, 1.82) is 0 Å². The molecule has 3 rings (SSSR count). The third kappa shape index (κ3) is 3.19. The summed E-state index contributed by atoms with van der Waals surface area (Å²) in [5, 5.41) is 13.4. The van der Waals surface area contributed by atoms with E-state index in [1.165, 1.54) is 11.3 Å². The highest BCUT2D eigenvalue weighted by Crippen LogP contribution is 2.42. The molecule has 0 aliphatic rings. The van der Waals surface area contributed by atoms with Crippen molar-refractivity contribution in [3.8, 4) is 11.3 Å². The van der Waals surface area contributed by atoms with E-state index in [-0.39, 0.29) is 0 Å². The quantitative estimate of drug-likeness (QED) is 0.563. The van der Waals surface area contributed by atoms with E-state index in [4.69, 9.17) is 4.98 Å². The van der Waals surface area contributed by atoms with Crippen LogP contribution >= 0.6 is 34.4 Å². The topological polar surface area (TPSA) is 62.2 Å². The first-order valence-corrected chi connectivity index (χ1v) is 10.1. The van der Waals surface area contributed by atoms with Crippen molar-refractivity contribution in [3.05, 3.63) is 45.6 Å². The molecule has 7 heteroatoms. The second kappa shape index (κ2) is 6.96. The second-order valence-corrected chi connectivity index (χ2v) is 8.44. The van der Waals surface area contributed by atoms with Gasteiger partial charge in [0.25, 0.3) is 0 Å². The summed E-state index contributed by atoms with van der Waals surface area (Å²) in [6.45, 7) is 3.88. The number of thioether (sulfide) groups is 1. The number of thiazole rings is 1. The summed E-state index contributed by atoms with van der Waals surface area (Å²) in [5.41, 5.74) is 3.64. The van der Waals surface area contributed by atoms with Crippen LogP contribution in [0.15, 0.2) is 34.5 Å². The van der Waals surface area contributed by atoms with Crippen molar-refractivity contribution in [1.82, 2.24) is 4.98 Å². The molecule has 0 aliphatic heterocycles. The minimum Gasteiger partial charge on any atom is -0.477 e. The molecule has 2 aromatic heterocycles. The van der Waals surface area contributed by atoms with Crippen LogP contribution in [0.1, 0.15) is 20.1 Å². The predicted molar refractivity (Wildman–Crippen MR) is 103 cm³/mol. The van der Waals surface area contributed by atoms with Crippen molar-refractivity contribution in [2.75, 3.05) is 11.6 Å². The summed E-state index contributed by atoms with van der Waals surface area (Å²) in [4.78, 5) is 17.6. The molecular formula is C17H16N2O2S3. The van der Waals surface area contributed by atoms with E-state index in [0.717, 1.165) is 36.7 Å². The molecule has 0 amide bonds. The van der Waals surface area contributed by atoms with E-state index >= 15 is 0 Å². The number of anilines is 2. The Labute approximate surface area is 152 Å². The van der Waals surface area contributed by atoms with E-state index in [2.05, 4.69) is 5.32 Å². The fourth-order valence-corrected chi connectivity index (χ4v) is 5.07. The number of rotatable bonds is 5. The highest BCUT2D eigenvalue weighted by molar-refractivity contribution is 8.00. The van der Waals surface area contributed by atoms with Gasteiger partial charge in [-0.15, -0.1) is 34.4 Å². The molecule has 1 aromatic carbocycles. The average Bonchev–Trinajstić information content (AvgIpc) is 3.09. The maximum absolute atomic E-state index is 11.4. The Hall–Kier alpha value is -1.83. The average molecular weight is 377 g/mol. The van der Waals surface area contributed by atoms with Gasteiger partial charge in [-0.05, 0) is 25.7 Å². The molecule has 2 N–H and O–H groups in total. The van der Waals surface area contributed by atoms with E-state index in [9.17, 15) is 9.90 Å². The minimum atomic E-state index is -0.888. The Morgan fingerprint density at radius 3 is 2.54 bits per heavy atom. The number of aryl methyl sites for hydroxylation is 1. The van der Waals surface area contributed by atoms with Gasteiger partial charge >= 0.3 is 5.97 Å². The van der Waals surface area contributed by atoms with Crippen molar-refractivity contribution in [2.24, 2.45) is 0 Å². The lowest BCUT2D eigenvalue weighted by molar-refractivity contribution is 0.0701. The molecule has 124 valence electrons. The Kier molecular flexibility index (Phi) is 4.93. The summed E-state index contributed by atoms with van der Waals surface area (Å²) < 4.78 is 0.957. The molecule has 3 aromatic rings. The second-order valence-electron chi connectivity index (χ2n) is 5.14. The number of hydrogen-bond acceptors (Lipinski definition) is 6. The first-order valence-electron chi connectivity index (χ1n) is 7.21. The van der Waals surface area contributed by atoms with Crippen LogP contribution in [0.2, 0.25) is 0 Å². The minimum absolute atomic E-state index is 0.374. The van der Waals surface area contributed by atoms with Crippen LogP contribution in [0.5, 0.6) is 0 Å². The third-order valence-corrected chi connectivity index (χ3v) is 6.86. The summed E-state index contributed by atoms with van der Waals surface area (Å²) >= 11 is 4.42. The van der Waals surface area contributed by atoms with Crippen molar-refractivity contribution in [3.63, 3.8) is 0 Å². The highest BCUT2D eigenvalue weighted by Gasteiger charge is 2.20. The Bertz CT molecular complexity index is 885. The number of carbonyl (C=O) groups is 1. The highest BCUT2D eigenvalue weighted by atomic mass is 32.2. The fraction of sp³-hybridized carbons (Fsp3) is 0.176. The number of benzene rings is 1. The predicted octanol–water partition coefficient (Wildman–Crippen LogP) is 5.65. The van der Waals surface area contributed by atoms with E-state index in [1.807, 2.05) is 50.4 Å². The first kappa shape index (κ1) is 17.0. The molecular weight excluding hydrogens is 360 g/mol. The largest absolute Gasteiger partial charge is 0.477 e. The van der Waals surface area contributed by atoms with Gasteiger partial charge < -0.3 is 10.4 Å². The third-order valence-electron chi connectivity index (χ3n) is 3.57. The van der Waals surface area contributed by atoms with Gasteiger partial charge in [-0.25, -0.2) is 9.78 Å². The number of hydrogen-bond donors (Lipinski definition) is 2. The lowest BCUT2D eigenvalue weighted by Crippen LogP contribution is -1.96. The van der Waals surface area contributed by atoms with E-state index in [0.29, 0.717) is 4.88 Å². The lowest BCUT2D eigenvalue weighted by Gasteiger charge is -2.04. The van der Waals surface area contributed by atoms with Crippen LogP contribution in [0, 0.1) is 13.8 Å². The summed E-state index contributed by atoms with van der Waals surface area (Å²) in [6.07, 6.45) is 1.95. The van der Waals surface area contributed by atoms with Crippen molar-refractivity contribution in [2.45, 2.75) is 18.1 Å². The molecule has 0 aliphatic carbocycles. The Morgan fingerprint density at radius 2 is 1.92 bits per heavy atom. The van der Waals surface area contributed by atoms with Gasteiger partial charge in [0.2, 0.25) is 0 Å². The molecule has 0 spiro atoms. The lowest BCUT2D eigenvalue weighted by atomic mass is 10.1. The van der Waals surface area contributed by atoms with Gasteiger partial charge in [0, 0.05) is 10.4 Å². The number of carboxylic acids is 1. The first-order chi connectivity index (χ1) is 11.5. The molecule has 0 saturated carbocycles. The molecule has 0 radical (unpaired) electrons. The molecule has 0 fully saturated rings. The number of aromatic carboxylic acids is 1. The SMILES string of the molecule is CSc1sc(C(=O)O)c(C)c1Nc1nc(-c2ccccc2)c(C)s1.